The number of rotatable bonds is 0. The summed E-state index contributed by atoms with van der Waals surface area (Å²) in [6.07, 6.45) is 3.39. The molecule has 0 aliphatic rings. The van der Waals surface area contributed by atoms with Gasteiger partial charge >= 0.3 is 7.82 Å². The van der Waals surface area contributed by atoms with E-state index in [1.807, 2.05) is 24.3 Å². The van der Waals surface area contributed by atoms with Gasteiger partial charge in [0.1, 0.15) is 0 Å². The molecule has 0 bridgehead atoms. The zero-order valence-corrected chi connectivity index (χ0v) is 8.45. The highest BCUT2D eigenvalue weighted by Gasteiger charge is 2.00. The van der Waals surface area contributed by atoms with Crippen LogP contribution in [0.15, 0.2) is 36.7 Å². The molecule has 2 rings (SSSR count). The van der Waals surface area contributed by atoms with Gasteiger partial charge in [0.25, 0.3) is 0 Å². The van der Waals surface area contributed by atoms with E-state index < -0.39 is 7.82 Å². The Hall–Kier alpha value is -1.33. The van der Waals surface area contributed by atoms with Crippen LogP contribution < -0.4 is 0 Å². The molecule has 1 aromatic heterocycles. The maximum Gasteiger partial charge on any atom is 0.466 e. The summed E-state index contributed by atoms with van der Waals surface area (Å²) in [5.41, 5.74) is 1.90. The van der Waals surface area contributed by atoms with E-state index in [0.29, 0.717) is 0 Å². The second kappa shape index (κ2) is 4.95. The van der Waals surface area contributed by atoms with Crippen LogP contribution in [-0.2, 0) is 4.57 Å². The molecule has 80 valence electrons. The van der Waals surface area contributed by atoms with Crippen molar-refractivity contribution in [1.82, 2.24) is 9.97 Å². The van der Waals surface area contributed by atoms with E-state index in [4.69, 9.17) is 19.2 Å². The predicted octanol–water partition coefficient (Wildman–Crippen LogP) is 0.701. The van der Waals surface area contributed by atoms with Gasteiger partial charge in [0.2, 0.25) is 0 Å². The second-order valence-corrected chi connectivity index (χ2v) is 3.58. The predicted molar refractivity (Wildman–Crippen MR) is 53.8 cm³/mol. The molecular weight excluding hydrogens is 219 g/mol. The maximum atomic E-state index is 8.88. The van der Waals surface area contributed by atoms with Gasteiger partial charge in [0.15, 0.2) is 0 Å². The Morgan fingerprint density at radius 1 is 0.933 bits per heavy atom. The fourth-order valence-corrected chi connectivity index (χ4v) is 0.910. The molecule has 15 heavy (non-hydrogen) atoms. The van der Waals surface area contributed by atoms with Crippen molar-refractivity contribution in [1.29, 1.82) is 0 Å². The van der Waals surface area contributed by atoms with Crippen molar-refractivity contribution in [2.24, 2.45) is 0 Å². The van der Waals surface area contributed by atoms with Crippen molar-refractivity contribution in [2.45, 2.75) is 0 Å². The average molecular weight is 228 g/mol. The summed E-state index contributed by atoms with van der Waals surface area (Å²) in [7, 11) is -4.64. The van der Waals surface area contributed by atoms with E-state index in [1.165, 1.54) is 0 Å². The highest BCUT2D eigenvalue weighted by molar-refractivity contribution is 7.45. The molecule has 0 saturated heterocycles. The molecule has 0 amide bonds. The van der Waals surface area contributed by atoms with Crippen molar-refractivity contribution in [3.05, 3.63) is 36.7 Å². The van der Waals surface area contributed by atoms with Crippen molar-refractivity contribution >= 4 is 18.9 Å². The normalized spacial score (nSPS) is 10.6. The number of fused-ring (bicyclic) bond motifs is 1. The molecule has 3 N–H and O–H groups in total. The number of hydrogen-bond donors (Lipinski definition) is 3. The second-order valence-electron chi connectivity index (χ2n) is 2.56. The first-order valence-electron chi connectivity index (χ1n) is 3.91. The first-order chi connectivity index (χ1) is 6.97. The Labute approximate surface area is 85.5 Å². The van der Waals surface area contributed by atoms with Gasteiger partial charge in [0, 0.05) is 12.4 Å². The van der Waals surface area contributed by atoms with Crippen LogP contribution in [0.2, 0.25) is 0 Å². The van der Waals surface area contributed by atoms with E-state index >= 15 is 0 Å². The first-order valence-corrected chi connectivity index (χ1v) is 5.47. The summed E-state index contributed by atoms with van der Waals surface area (Å²) in [5.74, 6) is 0. The topological polar surface area (TPSA) is 104 Å². The lowest BCUT2D eigenvalue weighted by atomic mass is 10.3. The van der Waals surface area contributed by atoms with Gasteiger partial charge < -0.3 is 14.7 Å². The van der Waals surface area contributed by atoms with Gasteiger partial charge in [-0.05, 0) is 12.1 Å². The van der Waals surface area contributed by atoms with Crippen LogP contribution in [0.5, 0.6) is 0 Å². The summed E-state index contributed by atoms with van der Waals surface area (Å²) in [4.78, 5) is 29.8. The number of benzene rings is 1. The molecule has 0 saturated carbocycles. The average Bonchev–Trinajstić information content (AvgIpc) is 2.16. The Morgan fingerprint density at radius 2 is 1.27 bits per heavy atom. The number of para-hydroxylation sites is 2. The number of nitrogens with zero attached hydrogens (tertiary/aromatic N) is 2. The van der Waals surface area contributed by atoms with Crippen LogP contribution in [0.25, 0.3) is 11.0 Å². The molecule has 0 unspecified atom stereocenters. The summed E-state index contributed by atoms with van der Waals surface area (Å²) in [5, 5.41) is 0. The molecule has 7 heteroatoms. The standard InChI is InChI=1S/C8H6N2.H3O4P/c1-2-4-8-7(3-1)9-5-6-10-8;1-5(2,3)4/h1-6H;(H3,1,2,3,4). The molecule has 1 heterocycles. The molecule has 0 aliphatic heterocycles. The maximum absolute atomic E-state index is 8.88. The minimum atomic E-state index is -4.64. The summed E-state index contributed by atoms with van der Waals surface area (Å²) in [6, 6.07) is 7.80. The molecule has 6 nitrogen and oxygen atoms in total. The zero-order valence-electron chi connectivity index (χ0n) is 7.56. The van der Waals surface area contributed by atoms with E-state index in [0.717, 1.165) is 11.0 Å². The Balaban J connectivity index is 0.000000195. The van der Waals surface area contributed by atoms with Gasteiger partial charge in [-0.25, -0.2) is 4.57 Å². The molecule has 0 atom stereocenters. The fourth-order valence-electron chi connectivity index (χ4n) is 0.910. The van der Waals surface area contributed by atoms with Crippen molar-refractivity contribution in [3.8, 4) is 0 Å². The largest absolute Gasteiger partial charge is 0.466 e. The summed E-state index contributed by atoms with van der Waals surface area (Å²) >= 11 is 0. The van der Waals surface area contributed by atoms with Gasteiger partial charge in [-0.1, -0.05) is 12.1 Å². The van der Waals surface area contributed by atoms with Crippen molar-refractivity contribution in [2.75, 3.05) is 0 Å². The number of aromatic nitrogens is 2. The SMILES string of the molecule is O=P(O)(O)O.c1ccc2nccnc2c1. The summed E-state index contributed by atoms with van der Waals surface area (Å²) < 4.78 is 8.88. The lowest BCUT2D eigenvalue weighted by Gasteiger charge is -1.90. The molecule has 0 aliphatic carbocycles. The smallest absolute Gasteiger partial charge is 0.303 e. The zero-order chi connectivity index (χ0) is 11.3. The quantitative estimate of drug-likeness (QED) is 0.573. The van der Waals surface area contributed by atoms with Gasteiger partial charge in [0.05, 0.1) is 11.0 Å². The Morgan fingerprint density at radius 3 is 1.60 bits per heavy atom. The Bertz CT molecular complexity index is 411. The molecule has 0 spiro atoms. The van der Waals surface area contributed by atoms with E-state index in [-0.39, 0.29) is 0 Å². The summed E-state index contributed by atoms with van der Waals surface area (Å²) in [6.45, 7) is 0. The Kier molecular flexibility index (Phi) is 3.88. The highest BCUT2D eigenvalue weighted by atomic mass is 31.2. The van der Waals surface area contributed by atoms with Crippen LogP contribution in [0.4, 0.5) is 0 Å². The third-order valence-corrected chi connectivity index (χ3v) is 1.38. The van der Waals surface area contributed by atoms with Crippen LogP contribution in [0.1, 0.15) is 0 Å². The number of phosphoric acid groups is 1. The molecule has 2 aromatic rings. The van der Waals surface area contributed by atoms with Crippen LogP contribution >= 0.6 is 7.82 Å². The third kappa shape index (κ3) is 5.19. The molecule has 1 aromatic carbocycles. The van der Waals surface area contributed by atoms with Crippen molar-refractivity contribution in [3.63, 3.8) is 0 Å². The van der Waals surface area contributed by atoms with E-state index in [2.05, 4.69) is 9.97 Å². The monoisotopic (exact) mass is 228 g/mol. The minimum Gasteiger partial charge on any atom is -0.303 e. The van der Waals surface area contributed by atoms with E-state index in [1.54, 1.807) is 12.4 Å². The fraction of sp³-hybridized carbons (Fsp3) is 0. The molecular formula is C8H9N2O4P. The van der Waals surface area contributed by atoms with Gasteiger partial charge in [-0.15, -0.1) is 0 Å². The molecule has 0 radical (unpaired) electrons. The highest BCUT2D eigenvalue weighted by Crippen LogP contribution is 2.25. The first kappa shape index (κ1) is 11.7. The van der Waals surface area contributed by atoms with Crippen LogP contribution in [0, 0.1) is 0 Å². The van der Waals surface area contributed by atoms with Crippen LogP contribution in [-0.4, -0.2) is 24.6 Å². The van der Waals surface area contributed by atoms with Gasteiger partial charge in [-0.3, -0.25) is 9.97 Å². The third-order valence-electron chi connectivity index (χ3n) is 1.38. The number of hydrogen-bond acceptors (Lipinski definition) is 3. The van der Waals surface area contributed by atoms with Crippen LogP contribution in [0.3, 0.4) is 0 Å². The lowest BCUT2D eigenvalue weighted by molar-refractivity contribution is 0.275. The van der Waals surface area contributed by atoms with Crippen molar-refractivity contribution < 1.29 is 19.2 Å². The molecule has 0 fully saturated rings. The van der Waals surface area contributed by atoms with E-state index in [9.17, 15) is 0 Å². The van der Waals surface area contributed by atoms with Gasteiger partial charge in [-0.2, -0.15) is 0 Å². The lowest BCUT2D eigenvalue weighted by Crippen LogP contribution is -1.78. The minimum absolute atomic E-state index is 0.949.